The number of furan rings is 1. The highest BCUT2D eigenvalue weighted by Gasteiger charge is 2.12. The van der Waals surface area contributed by atoms with Gasteiger partial charge in [-0.2, -0.15) is 0 Å². The molecule has 1 N–H and O–H groups in total. The second-order valence-electron chi connectivity index (χ2n) is 4.64. The fraction of sp³-hybridized carbons (Fsp3) is 0.357. The van der Waals surface area contributed by atoms with Gasteiger partial charge in [-0.25, -0.2) is 4.98 Å². The number of carbonyl (C=O) groups excluding carboxylic acids is 1. The Labute approximate surface area is 116 Å². The smallest absolute Gasteiger partial charge is 0.254 e. The minimum Gasteiger partial charge on any atom is -0.466 e. The quantitative estimate of drug-likeness (QED) is 0.909. The van der Waals surface area contributed by atoms with Crippen molar-refractivity contribution in [1.82, 2.24) is 14.9 Å². The molecule has 0 bridgehead atoms. The summed E-state index contributed by atoms with van der Waals surface area (Å²) in [6, 6.07) is 3.16. The highest BCUT2D eigenvalue weighted by molar-refractivity contribution is 5.95. The van der Waals surface area contributed by atoms with Gasteiger partial charge in [-0.05, 0) is 26.8 Å². The first-order chi connectivity index (χ1) is 9.47. The highest BCUT2D eigenvalue weighted by atomic mass is 16.3. The van der Waals surface area contributed by atoms with Gasteiger partial charge < -0.3 is 9.73 Å². The van der Waals surface area contributed by atoms with E-state index < -0.39 is 0 Å². The monoisotopic (exact) mass is 275 g/mol. The number of amides is 1. The molecule has 0 spiro atoms. The molecular weight excluding hydrogens is 258 g/mol. The van der Waals surface area contributed by atoms with Crippen LogP contribution >= 0.6 is 0 Å². The van der Waals surface area contributed by atoms with Crippen molar-refractivity contribution in [2.45, 2.75) is 27.3 Å². The van der Waals surface area contributed by atoms with Gasteiger partial charge in [-0.15, -0.1) is 0 Å². The maximum absolute atomic E-state index is 11.9. The van der Waals surface area contributed by atoms with Crippen molar-refractivity contribution in [2.24, 2.45) is 0 Å². The van der Waals surface area contributed by atoms with Crippen LogP contribution in [-0.4, -0.2) is 22.0 Å². The van der Waals surface area contributed by atoms with Crippen LogP contribution in [0.5, 0.6) is 0 Å². The van der Waals surface area contributed by atoms with Crippen molar-refractivity contribution in [1.29, 1.82) is 0 Å². The third kappa shape index (κ3) is 3.14. The molecule has 0 unspecified atom stereocenters. The first-order valence-electron chi connectivity index (χ1n) is 6.35. The molecule has 20 heavy (non-hydrogen) atoms. The summed E-state index contributed by atoms with van der Waals surface area (Å²) < 4.78 is 6.77. The Morgan fingerprint density at radius 1 is 1.35 bits per heavy atom. The lowest BCUT2D eigenvalue weighted by Crippen LogP contribution is -2.31. The van der Waals surface area contributed by atoms with Crippen molar-refractivity contribution in [3.63, 3.8) is 0 Å². The van der Waals surface area contributed by atoms with Gasteiger partial charge in [0.15, 0.2) is 0 Å². The van der Waals surface area contributed by atoms with Gasteiger partial charge in [0.05, 0.1) is 11.9 Å². The summed E-state index contributed by atoms with van der Waals surface area (Å²) in [4.78, 5) is 27.6. The number of aryl methyl sites for hydroxylation is 3. The van der Waals surface area contributed by atoms with Gasteiger partial charge >= 0.3 is 0 Å². The van der Waals surface area contributed by atoms with Crippen molar-refractivity contribution in [2.75, 3.05) is 6.54 Å². The molecule has 2 heterocycles. The van der Waals surface area contributed by atoms with Crippen LogP contribution in [0, 0.1) is 20.8 Å². The van der Waals surface area contributed by atoms with E-state index in [2.05, 4.69) is 10.3 Å². The van der Waals surface area contributed by atoms with E-state index in [1.165, 1.54) is 17.0 Å². The topological polar surface area (TPSA) is 77.1 Å². The zero-order valence-electron chi connectivity index (χ0n) is 11.8. The molecule has 2 rings (SSSR count). The standard InChI is InChI=1S/C14H17N3O3/c1-9-6-13(18)17(8-16-9)5-4-15-14(19)12-7-10(2)20-11(12)3/h6-8H,4-5H2,1-3H3,(H,15,19). The fourth-order valence-electron chi connectivity index (χ4n) is 1.93. The van der Waals surface area contributed by atoms with Crippen LogP contribution in [0.4, 0.5) is 0 Å². The van der Waals surface area contributed by atoms with Crippen LogP contribution in [0.25, 0.3) is 0 Å². The molecule has 106 valence electrons. The van der Waals surface area contributed by atoms with Crippen LogP contribution < -0.4 is 10.9 Å². The van der Waals surface area contributed by atoms with E-state index in [4.69, 9.17) is 4.42 Å². The Hall–Kier alpha value is -2.37. The Morgan fingerprint density at radius 2 is 2.10 bits per heavy atom. The molecule has 0 atom stereocenters. The maximum atomic E-state index is 11.9. The van der Waals surface area contributed by atoms with Crippen LogP contribution in [0.15, 0.2) is 27.7 Å². The number of aromatic nitrogens is 2. The zero-order chi connectivity index (χ0) is 14.7. The lowest BCUT2D eigenvalue weighted by atomic mass is 10.2. The molecule has 6 heteroatoms. The first-order valence-corrected chi connectivity index (χ1v) is 6.35. The molecule has 0 aliphatic rings. The lowest BCUT2D eigenvalue weighted by Gasteiger charge is -2.06. The molecule has 2 aromatic rings. The highest BCUT2D eigenvalue weighted by Crippen LogP contribution is 2.12. The van der Waals surface area contributed by atoms with Crippen LogP contribution in [0.3, 0.4) is 0 Å². The number of nitrogens with one attached hydrogen (secondary N) is 1. The molecule has 0 saturated heterocycles. The second-order valence-corrected chi connectivity index (χ2v) is 4.64. The van der Waals surface area contributed by atoms with Crippen LogP contribution in [0.2, 0.25) is 0 Å². The summed E-state index contributed by atoms with van der Waals surface area (Å²) in [6.45, 7) is 6.04. The number of rotatable bonds is 4. The molecule has 1 amide bonds. The Kier molecular flexibility index (Phi) is 4.02. The van der Waals surface area contributed by atoms with Crippen LogP contribution in [-0.2, 0) is 6.54 Å². The Bertz CT molecular complexity index is 685. The van der Waals surface area contributed by atoms with Gasteiger partial charge in [-0.1, -0.05) is 0 Å². The normalized spacial score (nSPS) is 10.6. The molecule has 0 aliphatic carbocycles. The van der Waals surface area contributed by atoms with Gasteiger partial charge in [-0.3, -0.25) is 14.2 Å². The predicted molar refractivity (Wildman–Crippen MR) is 73.7 cm³/mol. The summed E-state index contributed by atoms with van der Waals surface area (Å²) in [5, 5.41) is 2.76. The Balaban J connectivity index is 1.94. The summed E-state index contributed by atoms with van der Waals surface area (Å²) in [7, 11) is 0. The average Bonchev–Trinajstić information content (AvgIpc) is 2.71. The molecule has 0 aromatic carbocycles. The number of hydrogen-bond donors (Lipinski definition) is 1. The number of nitrogens with zero attached hydrogens (tertiary/aromatic N) is 2. The van der Waals surface area contributed by atoms with E-state index in [1.807, 2.05) is 0 Å². The van der Waals surface area contributed by atoms with Crippen molar-refractivity contribution >= 4 is 5.91 Å². The summed E-state index contributed by atoms with van der Waals surface area (Å²) in [5.74, 6) is 1.09. The second kappa shape index (κ2) is 5.73. The van der Waals surface area contributed by atoms with Gasteiger partial charge in [0.25, 0.3) is 11.5 Å². The van der Waals surface area contributed by atoms with E-state index >= 15 is 0 Å². The molecule has 0 radical (unpaired) electrons. The Morgan fingerprint density at radius 3 is 2.70 bits per heavy atom. The fourth-order valence-corrected chi connectivity index (χ4v) is 1.93. The average molecular weight is 275 g/mol. The largest absolute Gasteiger partial charge is 0.466 e. The molecule has 0 aliphatic heterocycles. The minimum atomic E-state index is -0.201. The third-order valence-electron chi connectivity index (χ3n) is 2.94. The first kappa shape index (κ1) is 14.0. The van der Waals surface area contributed by atoms with Crippen LogP contribution in [0.1, 0.15) is 27.6 Å². The van der Waals surface area contributed by atoms with E-state index in [0.29, 0.717) is 35.9 Å². The van der Waals surface area contributed by atoms with E-state index in [1.54, 1.807) is 26.8 Å². The summed E-state index contributed by atoms with van der Waals surface area (Å²) in [6.07, 6.45) is 1.48. The minimum absolute atomic E-state index is 0.123. The van der Waals surface area contributed by atoms with Gasteiger partial charge in [0.2, 0.25) is 0 Å². The van der Waals surface area contributed by atoms with Gasteiger partial charge in [0, 0.05) is 24.8 Å². The predicted octanol–water partition coefficient (Wildman–Crippen LogP) is 1.19. The maximum Gasteiger partial charge on any atom is 0.254 e. The number of carbonyl (C=O) groups is 1. The molecular formula is C14H17N3O3. The van der Waals surface area contributed by atoms with Crippen molar-refractivity contribution in [3.8, 4) is 0 Å². The van der Waals surface area contributed by atoms with E-state index in [-0.39, 0.29) is 11.5 Å². The summed E-state index contributed by atoms with van der Waals surface area (Å²) >= 11 is 0. The zero-order valence-corrected chi connectivity index (χ0v) is 11.8. The number of hydrogen-bond acceptors (Lipinski definition) is 4. The van der Waals surface area contributed by atoms with Crippen molar-refractivity contribution in [3.05, 3.63) is 51.6 Å². The molecule has 0 fully saturated rings. The van der Waals surface area contributed by atoms with Crippen molar-refractivity contribution < 1.29 is 9.21 Å². The molecule has 6 nitrogen and oxygen atoms in total. The summed E-state index contributed by atoms with van der Waals surface area (Å²) in [5.41, 5.74) is 1.08. The van der Waals surface area contributed by atoms with E-state index in [9.17, 15) is 9.59 Å². The van der Waals surface area contributed by atoms with E-state index in [0.717, 1.165) is 0 Å². The molecule has 0 saturated carbocycles. The molecule has 2 aromatic heterocycles. The lowest BCUT2D eigenvalue weighted by molar-refractivity contribution is 0.0950. The third-order valence-corrected chi connectivity index (χ3v) is 2.94. The van der Waals surface area contributed by atoms with Gasteiger partial charge in [0.1, 0.15) is 11.5 Å². The SMILES string of the molecule is Cc1cc(=O)n(CCNC(=O)c2cc(C)oc2C)cn1.